The second-order valence-corrected chi connectivity index (χ2v) is 9.79. The van der Waals surface area contributed by atoms with Crippen molar-refractivity contribution in [2.75, 3.05) is 14.2 Å². The van der Waals surface area contributed by atoms with Gasteiger partial charge in [0.05, 0.1) is 19.8 Å². The number of ether oxygens (including phenoxy) is 3. The van der Waals surface area contributed by atoms with Crippen molar-refractivity contribution in [2.24, 2.45) is 5.41 Å². The molecule has 0 saturated carbocycles. The van der Waals surface area contributed by atoms with E-state index in [-0.39, 0.29) is 23.6 Å². The molecule has 0 unspecified atom stereocenters. The molecule has 2 aromatic rings. The highest BCUT2D eigenvalue weighted by molar-refractivity contribution is 6.04. The van der Waals surface area contributed by atoms with Crippen molar-refractivity contribution in [3.63, 3.8) is 0 Å². The van der Waals surface area contributed by atoms with E-state index >= 15 is 0 Å². The van der Waals surface area contributed by atoms with E-state index in [0.29, 0.717) is 46.7 Å². The third-order valence-corrected chi connectivity index (χ3v) is 6.52. The third kappa shape index (κ3) is 4.90. The lowest BCUT2D eigenvalue weighted by molar-refractivity contribution is -0.140. The maximum Gasteiger partial charge on any atom is 0.337 e. The minimum absolute atomic E-state index is 0.0167. The quantitative estimate of drug-likeness (QED) is 0.580. The van der Waals surface area contributed by atoms with Crippen LogP contribution < -0.4 is 14.8 Å². The highest BCUT2D eigenvalue weighted by Gasteiger charge is 2.43. The summed E-state index contributed by atoms with van der Waals surface area (Å²) in [6, 6.07) is 12.2. The van der Waals surface area contributed by atoms with Gasteiger partial charge in [0.25, 0.3) is 0 Å². The van der Waals surface area contributed by atoms with Crippen LogP contribution in [-0.2, 0) is 20.9 Å². The number of phenols is 1. The molecule has 2 N–H and O–H groups in total. The SMILES string of the molecule is COc1ccc(COC(=O)C2=C(C)NC3=C(C(=O)CC(C)(C)C3)[C@@H]2c2ccc(OC)c(O)c2)cc1. The van der Waals surface area contributed by atoms with Crippen LogP contribution in [0.2, 0.25) is 0 Å². The summed E-state index contributed by atoms with van der Waals surface area (Å²) >= 11 is 0. The Kier molecular flexibility index (Phi) is 6.61. The predicted molar refractivity (Wildman–Crippen MR) is 131 cm³/mol. The van der Waals surface area contributed by atoms with Crippen molar-refractivity contribution >= 4 is 11.8 Å². The van der Waals surface area contributed by atoms with Crippen LogP contribution in [0.25, 0.3) is 0 Å². The van der Waals surface area contributed by atoms with E-state index in [1.807, 2.05) is 19.1 Å². The number of esters is 1. The van der Waals surface area contributed by atoms with E-state index in [0.717, 1.165) is 11.3 Å². The molecular formula is C28H31NO6. The first-order chi connectivity index (χ1) is 16.6. The average Bonchev–Trinajstić information content (AvgIpc) is 2.81. The predicted octanol–water partition coefficient (Wildman–Crippen LogP) is 4.76. The van der Waals surface area contributed by atoms with Crippen LogP contribution in [0.15, 0.2) is 65.0 Å². The molecule has 35 heavy (non-hydrogen) atoms. The molecule has 1 atom stereocenters. The molecule has 0 amide bonds. The molecule has 0 fully saturated rings. The van der Waals surface area contributed by atoms with Crippen LogP contribution in [-0.4, -0.2) is 31.1 Å². The first-order valence-electron chi connectivity index (χ1n) is 11.5. The topological polar surface area (TPSA) is 94.1 Å². The monoisotopic (exact) mass is 477 g/mol. The van der Waals surface area contributed by atoms with Crippen molar-refractivity contribution in [3.05, 3.63) is 76.1 Å². The highest BCUT2D eigenvalue weighted by atomic mass is 16.5. The van der Waals surface area contributed by atoms with Crippen molar-refractivity contribution in [2.45, 2.75) is 46.1 Å². The fourth-order valence-corrected chi connectivity index (χ4v) is 4.87. The van der Waals surface area contributed by atoms with Crippen molar-refractivity contribution in [1.82, 2.24) is 5.32 Å². The van der Waals surface area contributed by atoms with E-state index in [2.05, 4.69) is 19.2 Å². The largest absolute Gasteiger partial charge is 0.504 e. The number of Topliss-reactive ketones (excluding diaryl/α,β-unsaturated/α-hetero) is 1. The van der Waals surface area contributed by atoms with Crippen LogP contribution in [0.1, 0.15) is 50.7 Å². The number of hydrogen-bond donors (Lipinski definition) is 2. The molecule has 1 heterocycles. The first-order valence-corrected chi connectivity index (χ1v) is 11.5. The summed E-state index contributed by atoms with van der Waals surface area (Å²) < 4.78 is 16.1. The fraction of sp³-hybridized carbons (Fsp3) is 0.357. The van der Waals surface area contributed by atoms with Gasteiger partial charge in [-0.05, 0) is 54.2 Å². The third-order valence-electron chi connectivity index (χ3n) is 6.52. The lowest BCUT2D eigenvalue weighted by Gasteiger charge is -2.39. The number of benzene rings is 2. The van der Waals surface area contributed by atoms with Gasteiger partial charge in [-0.1, -0.05) is 32.0 Å². The highest BCUT2D eigenvalue weighted by Crippen LogP contribution is 2.47. The molecule has 7 nitrogen and oxygen atoms in total. The summed E-state index contributed by atoms with van der Waals surface area (Å²) in [5.41, 5.74) is 3.61. The summed E-state index contributed by atoms with van der Waals surface area (Å²) in [4.78, 5) is 26.8. The van der Waals surface area contributed by atoms with Crippen LogP contribution in [0.4, 0.5) is 0 Å². The second kappa shape index (κ2) is 9.49. The number of carbonyl (C=O) groups is 2. The number of ketones is 1. The van der Waals surface area contributed by atoms with Crippen molar-refractivity contribution in [1.29, 1.82) is 0 Å². The van der Waals surface area contributed by atoms with Gasteiger partial charge in [-0.2, -0.15) is 0 Å². The molecule has 0 spiro atoms. The Bertz CT molecular complexity index is 1220. The van der Waals surface area contributed by atoms with E-state index in [1.54, 1.807) is 37.4 Å². The molecule has 184 valence electrons. The molecule has 2 aromatic carbocycles. The molecule has 1 aliphatic heterocycles. The number of methoxy groups -OCH3 is 2. The molecule has 7 heteroatoms. The Morgan fingerprint density at radius 3 is 2.43 bits per heavy atom. The summed E-state index contributed by atoms with van der Waals surface area (Å²) in [5.74, 6) is -0.217. The van der Waals surface area contributed by atoms with Gasteiger partial charge < -0.3 is 24.6 Å². The smallest absolute Gasteiger partial charge is 0.337 e. The van der Waals surface area contributed by atoms with Crippen LogP contribution in [0.5, 0.6) is 17.2 Å². The number of phenolic OH excluding ortho intramolecular Hbond substituents is 1. The van der Waals surface area contributed by atoms with Gasteiger partial charge in [-0.15, -0.1) is 0 Å². The summed E-state index contributed by atoms with van der Waals surface area (Å²) in [7, 11) is 3.06. The van der Waals surface area contributed by atoms with Gasteiger partial charge in [-0.3, -0.25) is 4.79 Å². The van der Waals surface area contributed by atoms with E-state index in [9.17, 15) is 14.7 Å². The fourth-order valence-electron chi connectivity index (χ4n) is 4.87. The normalized spacial score (nSPS) is 19.1. The number of hydrogen-bond acceptors (Lipinski definition) is 7. The Labute approximate surface area is 205 Å². The summed E-state index contributed by atoms with van der Waals surface area (Å²) in [5, 5.41) is 13.8. The zero-order valence-electron chi connectivity index (χ0n) is 20.7. The Balaban J connectivity index is 1.72. The number of carbonyl (C=O) groups excluding carboxylic acids is 2. The van der Waals surface area contributed by atoms with Crippen LogP contribution in [0.3, 0.4) is 0 Å². The molecule has 4 rings (SSSR count). The maximum atomic E-state index is 13.4. The van der Waals surface area contributed by atoms with Gasteiger partial charge in [-0.25, -0.2) is 4.79 Å². The number of nitrogens with one attached hydrogen (secondary N) is 1. The number of dihydropyridines is 1. The Morgan fingerprint density at radius 1 is 1.09 bits per heavy atom. The molecule has 0 radical (unpaired) electrons. The van der Waals surface area contributed by atoms with E-state index in [4.69, 9.17) is 14.2 Å². The Hall–Kier alpha value is -3.74. The molecule has 2 aliphatic rings. The zero-order chi connectivity index (χ0) is 25.3. The number of aromatic hydroxyl groups is 1. The first kappa shape index (κ1) is 24.4. The second-order valence-electron chi connectivity index (χ2n) is 9.79. The van der Waals surface area contributed by atoms with Crippen molar-refractivity contribution < 1.29 is 28.9 Å². The number of rotatable bonds is 6. The maximum absolute atomic E-state index is 13.4. The van der Waals surface area contributed by atoms with Crippen molar-refractivity contribution in [3.8, 4) is 17.2 Å². The summed E-state index contributed by atoms with van der Waals surface area (Å²) in [6.45, 7) is 6.01. The Morgan fingerprint density at radius 2 is 1.80 bits per heavy atom. The van der Waals surface area contributed by atoms with Gasteiger partial charge in [0, 0.05) is 29.3 Å². The molecule has 0 saturated heterocycles. The van der Waals surface area contributed by atoms with E-state index in [1.165, 1.54) is 7.11 Å². The number of allylic oxidation sites excluding steroid dienone is 3. The van der Waals surface area contributed by atoms with Gasteiger partial charge in [0.15, 0.2) is 17.3 Å². The molecule has 0 aromatic heterocycles. The van der Waals surface area contributed by atoms with Gasteiger partial charge in [0.2, 0.25) is 0 Å². The van der Waals surface area contributed by atoms with Gasteiger partial charge >= 0.3 is 5.97 Å². The van der Waals surface area contributed by atoms with Gasteiger partial charge in [0.1, 0.15) is 12.4 Å². The van der Waals surface area contributed by atoms with E-state index < -0.39 is 11.9 Å². The lowest BCUT2D eigenvalue weighted by atomic mass is 9.68. The minimum Gasteiger partial charge on any atom is -0.504 e. The lowest BCUT2D eigenvalue weighted by Crippen LogP contribution is -2.38. The minimum atomic E-state index is -0.657. The van der Waals surface area contributed by atoms with Crippen LogP contribution in [0, 0.1) is 5.41 Å². The molecule has 0 bridgehead atoms. The standard InChI is InChI=1S/C28H31NO6/c1-16-24(27(32)35-15-17-6-9-19(33-4)10-7-17)25(18-8-11-23(34-5)21(30)12-18)26-20(29-16)13-28(2,3)14-22(26)31/h6-12,25,29-30H,13-15H2,1-5H3/t25-/m1/s1. The summed E-state index contributed by atoms with van der Waals surface area (Å²) in [6.07, 6.45) is 1.05. The average molecular weight is 478 g/mol. The molecular weight excluding hydrogens is 446 g/mol. The van der Waals surface area contributed by atoms with Crippen LogP contribution >= 0.6 is 0 Å². The molecule has 1 aliphatic carbocycles. The zero-order valence-corrected chi connectivity index (χ0v) is 20.7.